The standard InChI is InChI=1S/C18H25N5O3/c1-13-11-16(23(2)3)22-18(21-13)20-10-9-19-17(24)12-26-15-7-5-14(25-4)6-8-15/h5-8,11H,9-10,12H2,1-4H3,(H,19,24)(H,20,21,22). The maximum Gasteiger partial charge on any atom is 0.258 e. The van der Waals surface area contributed by atoms with E-state index in [0.29, 0.717) is 24.8 Å². The van der Waals surface area contributed by atoms with E-state index in [1.165, 1.54) is 0 Å². The van der Waals surface area contributed by atoms with Crippen molar-refractivity contribution in [3.05, 3.63) is 36.0 Å². The second-order valence-corrected chi connectivity index (χ2v) is 5.83. The zero-order chi connectivity index (χ0) is 18.9. The molecule has 0 aliphatic carbocycles. The molecule has 0 saturated carbocycles. The van der Waals surface area contributed by atoms with Gasteiger partial charge in [-0.15, -0.1) is 0 Å². The number of benzene rings is 1. The average Bonchev–Trinajstić information content (AvgIpc) is 2.63. The lowest BCUT2D eigenvalue weighted by Crippen LogP contribution is -2.33. The smallest absolute Gasteiger partial charge is 0.258 e. The summed E-state index contributed by atoms with van der Waals surface area (Å²) in [6.45, 7) is 2.83. The Bertz CT molecular complexity index is 719. The number of methoxy groups -OCH3 is 1. The molecule has 2 rings (SSSR count). The Balaban J connectivity index is 1.69. The summed E-state index contributed by atoms with van der Waals surface area (Å²) in [5.41, 5.74) is 0.878. The molecule has 8 heteroatoms. The molecular formula is C18H25N5O3. The van der Waals surface area contributed by atoms with Crippen molar-refractivity contribution in [2.75, 3.05) is 51.1 Å². The van der Waals surface area contributed by atoms with Crippen LogP contribution in [0.25, 0.3) is 0 Å². The van der Waals surface area contributed by atoms with Gasteiger partial charge in [-0.25, -0.2) is 4.98 Å². The largest absolute Gasteiger partial charge is 0.497 e. The second-order valence-electron chi connectivity index (χ2n) is 5.83. The van der Waals surface area contributed by atoms with Crippen molar-refractivity contribution in [3.63, 3.8) is 0 Å². The molecule has 1 aromatic heterocycles. The third-order valence-electron chi connectivity index (χ3n) is 3.46. The minimum atomic E-state index is -0.193. The van der Waals surface area contributed by atoms with E-state index < -0.39 is 0 Å². The highest BCUT2D eigenvalue weighted by Crippen LogP contribution is 2.16. The maximum atomic E-state index is 11.8. The van der Waals surface area contributed by atoms with E-state index in [-0.39, 0.29) is 12.5 Å². The number of anilines is 2. The Hall–Kier alpha value is -3.03. The van der Waals surface area contributed by atoms with E-state index >= 15 is 0 Å². The van der Waals surface area contributed by atoms with E-state index in [0.717, 1.165) is 17.3 Å². The van der Waals surface area contributed by atoms with Crippen molar-refractivity contribution in [3.8, 4) is 11.5 Å². The predicted octanol–water partition coefficient (Wildman–Crippen LogP) is 1.47. The highest BCUT2D eigenvalue weighted by Gasteiger charge is 2.05. The van der Waals surface area contributed by atoms with Gasteiger partial charge in [-0.3, -0.25) is 4.79 Å². The highest BCUT2D eigenvalue weighted by atomic mass is 16.5. The fourth-order valence-electron chi connectivity index (χ4n) is 2.11. The van der Waals surface area contributed by atoms with Crippen molar-refractivity contribution in [1.29, 1.82) is 0 Å². The first kappa shape index (κ1) is 19.3. The summed E-state index contributed by atoms with van der Waals surface area (Å²) in [7, 11) is 5.45. The molecule has 0 aliphatic rings. The zero-order valence-electron chi connectivity index (χ0n) is 15.6. The summed E-state index contributed by atoms with van der Waals surface area (Å²) in [5, 5.41) is 5.88. The lowest BCUT2D eigenvalue weighted by Gasteiger charge is -2.14. The molecule has 8 nitrogen and oxygen atoms in total. The van der Waals surface area contributed by atoms with Crippen LogP contribution in [0.15, 0.2) is 30.3 Å². The highest BCUT2D eigenvalue weighted by molar-refractivity contribution is 5.77. The number of hydrogen-bond donors (Lipinski definition) is 2. The lowest BCUT2D eigenvalue weighted by atomic mass is 10.3. The number of carbonyl (C=O) groups excluding carboxylic acids is 1. The summed E-state index contributed by atoms with van der Waals surface area (Å²) >= 11 is 0. The molecule has 1 aromatic carbocycles. The Kier molecular flexibility index (Phi) is 7.02. The van der Waals surface area contributed by atoms with Crippen LogP contribution in [0, 0.1) is 6.92 Å². The monoisotopic (exact) mass is 359 g/mol. The first-order valence-electron chi connectivity index (χ1n) is 8.28. The molecule has 0 fully saturated rings. The van der Waals surface area contributed by atoms with Crippen molar-refractivity contribution in [1.82, 2.24) is 15.3 Å². The number of hydrogen-bond acceptors (Lipinski definition) is 7. The van der Waals surface area contributed by atoms with Crippen LogP contribution in [0.5, 0.6) is 11.5 Å². The molecule has 140 valence electrons. The minimum absolute atomic E-state index is 0.0436. The van der Waals surface area contributed by atoms with Gasteiger partial charge >= 0.3 is 0 Å². The fourth-order valence-corrected chi connectivity index (χ4v) is 2.11. The molecule has 0 saturated heterocycles. The van der Waals surface area contributed by atoms with Crippen LogP contribution in [0.1, 0.15) is 5.69 Å². The van der Waals surface area contributed by atoms with Crippen LogP contribution in [0.2, 0.25) is 0 Å². The van der Waals surface area contributed by atoms with Crippen molar-refractivity contribution in [2.24, 2.45) is 0 Å². The van der Waals surface area contributed by atoms with Gasteiger partial charge in [0.1, 0.15) is 17.3 Å². The van der Waals surface area contributed by atoms with Gasteiger partial charge in [0, 0.05) is 38.9 Å². The van der Waals surface area contributed by atoms with E-state index in [9.17, 15) is 4.79 Å². The van der Waals surface area contributed by atoms with E-state index in [1.807, 2.05) is 32.0 Å². The third-order valence-corrected chi connectivity index (χ3v) is 3.46. The first-order chi connectivity index (χ1) is 12.5. The number of aryl methyl sites for hydroxylation is 1. The second kappa shape index (κ2) is 9.45. The van der Waals surface area contributed by atoms with Crippen LogP contribution in [-0.4, -0.2) is 56.8 Å². The summed E-state index contributed by atoms with van der Waals surface area (Å²) in [6.07, 6.45) is 0. The predicted molar refractivity (Wildman–Crippen MR) is 101 cm³/mol. The summed E-state index contributed by atoms with van der Waals surface area (Å²) < 4.78 is 10.5. The van der Waals surface area contributed by atoms with Gasteiger partial charge in [-0.05, 0) is 31.2 Å². The number of amides is 1. The van der Waals surface area contributed by atoms with Gasteiger partial charge in [-0.1, -0.05) is 0 Å². The van der Waals surface area contributed by atoms with Gasteiger partial charge < -0.3 is 25.0 Å². The molecule has 0 radical (unpaired) electrons. The van der Waals surface area contributed by atoms with Gasteiger partial charge in [0.2, 0.25) is 5.95 Å². The van der Waals surface area contributed by atoms with Crippen molar-refractivity contribution in [2.45, 2.75) is 6.92 Å². The molecule has 26 heavy (non-hydrogen) atoms. The summed E-state index contributed by atoms with van der Waals surface area (Å²) in [5.74, 6) is 2.53. The minimum Gasteiger partial charge on any atom is -0.497 e. The quantitative estimate of drug-likeness (QED) is 0.655. The number of nitrogens with zero attached hydrogens (tertiary/aromatic N) is 3. The molecule has 2 aromatic rings. The molecule has 1 heterocycles. The maximum absolute atomic E-state index is 11.8. The number of carbonyl (C=O) groups is 1. The lowest BCUT2D eigenvalue weighted by molar-refractivity contribution is -0.123. The average molecular weight is 359 g/mol. The number of ether oxygens (including phenoxy) is 2. The van der Waals surface area contributed by atoms with Crippen LogP contribution in [0.4, 0.5) is 11.8 Å². The zero-order valence-corrected chi connectivity index (χ0v) is 15.6. The van der Waals surface area contributed by atoms with E-state index in [1.54, 1.807) is 31.4 Å². The molecule has 0 spiro atoms. The normalized spacial score (nSPS) is 10.2. The van der Waals surface area contributed by atoms with Gasteiger partial charge in [-0.2, -0.15) is 4.98 Å². The molecular weight excluding hydrogens is 334 g/mol. The van der Waals surface area contributed by atoms with Crippen LogP contribution in [0.3, 0.4) is 0 Å². The molecule has 1 amide bonds. The van der Waals surface area contributed by atoms with Gasteiger partial charge in [0.25, 0.3) is 5.91 Å². The van der Waals surface area contributed by atoms with Crippen LogP contribution >= 0.6 is 0 Å². The number of aromatic nitrogens is 2. The Morgan fingerprint density at radius 3 is 2.46 bits per heavy atom. The first-order valence-corrected chi connectivity index (χ1v) is 8.28. The molecule has 0 atom stereocenters. The molecule has 2 N–H and O–H groups in total. The van der Waals surface area contributed by atoms with Crippen LogP contribution in [-0.2, 0) is 4.79 Å². The van der Waals surface area contributed by atoms with Crippen molar-refractivity contribution >= 4 is 17.7 Å². The van der Waals surface area contributed by atoms with Gasteiger partial charge in [0.15, 0.2) is 6.61 Å². The van der Waals surface area contributed by atoms with Crippen LogP contribution < -0.4 is 25.0 Å². The van der Waals surface area contributed by atoms with E-state index in [2.05, 4.69) is 20.6 Å². The SMILES string of the molecule is COc1ccc(OCC(=O)NCCNc2nc(C)cc(N(C)C)n2)cc1. The molecule has 0 unspecified atom stereocenters. The topological polar surface area (TPSA) is 88.6 Å². The van der Waals surface area contributed by atoms with Gasteiger partial charge in [0.05, 0.1) is 7.11 Å². The third kappa shape index (κ3) is 6.12. The Morgan fingerprint density at radius 2 is 1.81 bits per heavy atom. The Labute approximate surface area is 153 Å². The van der Waals surface area contributed by atoms with E-state index in [4.69, 9.17) is 9.47 Å². The van der Waals surface area contributed by atoms with Crippen molar-refractivity contribution < 1.29 is 14.3 Å². The molecule has 0 aliphatic heterocycles. The molecule has 0 bridgehead atoms. The Morgan fingerprint density at radius 1 is 1.12 bits per heavy atom. The summed E-state index contributed by atoms with van der Waals surface area (Å²) in [6, 6.07) is 8.97. The number of rotatable bonds is 9. The fraction of sp³-hybridized carbons (Fsp3) is 0.389. The number of nitrogens with one attached hydrogen (secondary N) is 2. The summed E-state index contributed by atoms with van der Waals surface area (Å²) in [4.78, 5) is 22.5.